The van der Waals surface area contributed by atoms with Gasteiger partial charge in [0.05, 0.1) is 10.0 Å². The maximum Gasteiger partial charge on any atom is 0.161 e. The maximum atomic E-state index is 6.22. The number of hydrazine groups is 1. The Labute approximate surface area is 117 Å². The van der Waals surface area contributed by atoms with E-state index in [2.05, 4.69) is 22.2 Å². The van der Waals surface area contributed by atoms with E-state index < -0.39 is 0 Å². The van der Waals surface area contributed by atoms with Gasteiger partial charge in [0.2, 0.25) is 0 Å². The number of rotatable bonds is 2. The first-order valence-corrected chi connectivity index (χ1v) is 6.95. The van der Waals surface area contributed by atoms with Crippen LogP contribution in [0, 0.1) is 5.92 Å². The Morgan fingerprint density at radius 2 is 2.11 bits per heavy atom. The van der Waals surface area contributed by atoms with Crippen molar-refractivity contribution < 1.29 is 0 Å². The fraction of sp³-hybridized carbons (Fsp3) is 0.583. The molecule has 1 unspecified atom stereocenters. The summed E-state index contributed by atoms with van der Waals surface area (Å²) < 4.78 is 0. The number of hydrogen-bond acceptors (Lipinski definition) is 4. The number of pyridine rings is 1. The topological polar surface area (TPSA) is 54.2 Å². The van der Waals surface area contributed by atoms with Gasteiger partial charge in [-0.1, -0.05) is 30.1 Å². The molecule has 1 aliphatic heterocycles. The fourth-order valence-electron chi connectivity index (χ4n) is 2.25. The first-order chi connectivity index (χ1) is 8.61. The zero-order valence-corrected chi connectivity index (χ0v) is 11.9. The number of nitrogen functional groups attached to an aromatic ring is 1. The lowest BCUT2D eigenvalue weighted by molar-refractivity contribution is 0.521. The Hall–Kier alpha value is -0.710. The Morgan fingerprint density at radius 1 is 1.33 bits per heavy atom. The van der Waals surface area contributed by atoms with Crippen LogP contribution in [0.4, 0.5) is 11.6 Å². The largest absolute Gasteiger partial charge is 0.355 e. The smallest absolute Gasteiger partial charge is 0.161 e. The van der Waals surface area contributed by atoms with Crippen molar-refractivity contribution in [2.75, 3.05) is 23.4 Å². The minimum Gasteiger partial charge on any atom is -0.355 e. The molecule has 1 atom stereocenters. The van der Waals surface area contributed by atoms with Crippen molar-refractivity contribution in [3.63, 3.8) is 0 Å². The van der Waals surface area contributed by atoms with Crippen molar-refractivity contribution in [3.05, 3.63) is 16.1 Å². The van der Waals surface area contributed by atoms with E-state index in [1.54, 1.807) is 6.07 Å². The van der Waals surface area contributed by atoms with E-state index in [0.29, 0.717) is 15.9 Å². The van der Waals surface area contributed by atoms with Crippen LogP contribution in [0.1, 0.15) is 26.2 Å². The second-order valence-electron chi connectivity index (χ2n) is 4.79. The third kappa shape index (κ3) is 2.99. The molecule has 0 saturated carbocycles. The fourth-order valence-corrected chi connectivity index (χ4v) is 2.79. The zero-order chi connectivity index (χ0) is 13.1. The van der Waals surface area contributed by atoms with Crippen molar-refractivity contribution in [2.45, 2.75) is 26.2 Å². The average molecular weight is 289 g/mol. The highest BCUT2D eigenvalue weighted by Crippen LogP contribution is 2.32. The highest BCUT2D eigenvalue weighted by Gasteiger charge is 2.19. The summed E-state index contributed by atoms with van der Waals surface area (Å²) in [5, 5.41) is 1.02. The van der Waals surface area contributed by atoms with E-state index in [0.717, 1.165) is 37.7 Å². The van der Waals surface area contributed by atoms with Gasteiger partial charge >= 0.3 is 0 Å². The van der Waals surface area contributed by atoms with Crippen LogP contribution in [-0.4, -0.2) is 18.1 Å². The predicted octanol–water partition coefficient (Wildman–Crippen LogP) is 3.30. The molecule has 4 nitrogen and oxygen atoms in total. The molecule has 1 aromatic rings. The van der Waals surface area contributed by atoms with Gasteiger partial charge in [0.15, 0.2) is 5.82 Å². The second-order valence-corrected chi connectivity index (χ2v) is 5.61. The van der Waals surface area contributed by atoms with Crippen LogP contribution < -0.4 is 16.2 Å². The summed E-state index contributed by atoms with van der Waals surface area (Å²) in [6.07, 6.45) is 3.57. The summed E-state index contributed by atoms with van der Waals surface area (Å²) >= 11 is 12.2. The number of hydrogen-bond donors (Lipinski definition) is 2. The van der Waals surface area contributed by atoms with E-state index in [9.17, 15) is 0 Å². The molecule has 6 heteroatoms. The predicted molar refractivity (Wildman–Crippen MR) is 77.3 cm³/mol. The molecule has 1 fully saturated rings. The molecule has 0 aliphatic carbocycles. The third-order valence-corrected chi connectivity index (χ3v) is 3.93. The Balaban J connectivity index is 2.26. The summed E-state index contributed by atoms with van der Waals surface area (Å²) in [5.41, 5.74) is 2.50. The molecule has 0 aromatic carbocycles. The second kappa shape index (κ2) is 5.95. The lowest BCUT2D eigenvalue weighted by Crippen LogP contribution is -2.26. The molecule has 100 valence electrons. The molecule has 0 radical (unpaired) electrons. The molecule has 3 N–H and O–H groups in total. The number of halogens is 2. The van der Waals surface area contributed by atoms with Gasteiger partial charge in [0.1, 0.15) is 5.82 Å². The van der Waals surface area contributed by atoms with Crippen LogP contribution in [0.2, 0.25) is 10.0 Å². The lowest BCUT2D eigenvalue weighted by Gasteiger charge is -2.23. The maximum absolute atomic E-state index is 6.22. The van der Waals surface area contributed by atoms with E-state index >= 15 is 0 Å². The quantitative estimate of drug-likeness (QED) is 0.648. The van der Waals surface area contributed by atoms with Crippen molar-refractivity contribution in [1.29, 1.82) is 0 Å². The van der Waals surface area contributed by atoms with E-state index in [-0.39, 0.29) is 0 Å². The number of aromatic nitrogens is 1. The molecule has 18 heavy (non-hydrogen) atoms. The molecule has 2 heterocycles. The minimum absolute atomic E-state index is 0.439. The molecule has 2 rings (SSSR count). The van der Waals surface area contributed by atoms with Crippen molar-refractivity contribution in [3.8, 4) is 0 Å². The Bertz CT molecular complexity index is 425. The van der Waals surface area contributed by atoms with Gasteiger partial charge in [-0.15, -0.1) is 0 Å². The molecule has 1 aliphatic rings. The summed E-state index contributed by atoms with van der Waals surface area (Å²) in [6, 6.07) is 1.69. The molecule has 0 amide bonds. The molecule has 1 saturated heterocycles. The molecule has 0 bridgehead atoms. The SMILES string of the molecule is CC1CCCN(c2nc(NN)c(Cl)cc2Cl)CC1. The molecule has 0 spiro atoms. The van der Waals surface area contributed by atoms with Crippen LogP contribution >= 0.6 is 23.2 Å². The Kier molecular flexibility index (Phi) is 4.54. The lowest BCUT2D eigenvalue weighted by atomic mass is 10.0. The minimum atomic E-state index is 0.439. The van der Waals surface area contributed by atoms with Crippen LogP contribution in [-0.2, 0) is 0 Å². The van der Waals surface area contributed by atoms with Crippen LogP contribution in [0.5, 0.6) is 0 Å². The van der Waals surface area contributed by atoms with Gasteiger partial charge in [-0.3, -0.25) is 0 Å². The van der Waals surface area contributed by atoms with Crippen molar-refractivity contribution in [2.24, 2.45) is 11.8 Å². The van der Waals surface area contributed by atoms with E-state index in [1.807, 2.05) is 0 Å². The van der Waals surface area contributed by atoms with Gasteiger partial charge in [-0.25, -0.2) is 10.8 Å². The van der Waals surface area contributed by atoms with Crippen LogP contribution in [0.3, 0.4) is 0 Å². The molecule has 1 aromatic heterocycles. The monoisotopic (exact) mass is 288 g/mol. The number of nitrogens with two attached hydrogens (primary N) is 1. The van der Waals surface area contributed by atoms with Gasteiger partial charge in [0.25, 0.3) is 0 Å². The highest BCUT2D eigenvalue weighted by atomic mass is 35.5. The first kappa shape index (κ1) is 13.7. The number of nitrogens with zero attached hydrogens (tertiary/aromatic N) is 2. The normalized spacial score (nSPS) is 20.7. The van der Waals surface area contributed by atoms with Gasteiger partial charge in [-0.05, 0) is 31.2 Å². The summed E-state index contributed by atoms with van der Waals surface area (Å²) in [4.78, 5) is 6.62. The summed E-state index contributed by atoms with van der Waals surface area (Å²) in [5.74, 6) is 7.38. The van der Waals surface area contributed by atoms with Gasteiger partial charge in [-0.2, -0.15) is 0 Å². The standard InChI is InChI=1S/C12H18Cl2N4/c1-8-3-2-5-18(6-4-8)12-10(14)7-9(13)11(16-12)17-15/h7-8H,2-6,15H2,1H3,(H,16,17). The third-order valence-electron chi connectivity index (χ3n) is 3.36. The van der Waals surface area contributed by atoms with Crippen molar-refractivity contribution in [1.82, 2.24) is 4.98 Å². The van der Waals surface area contributed by atoms with Crippen molar-refractivity contribution >= 4 is 34.8 Å². The number of nitrogens with one attached hydrogen (secondary N) is 1. The van der Waals surface area contributed by atoms with Crippen LogP contribution in [0.15, 0.2) is 6.07 Å². The van der Waals surface area contributed by atoms with Crippen LogP contribution in [0.25, 0.3) is 0 Å². The number of anilines is 2. The first-order valence-electron chi connectivity index (χ1n) is 6.19. The average Bonchev–Trinajstić information content (AvgIpc) is 2.54. The zero-order valence-electron chi connectivity index (χ0n) is 10.4. The van der Waals surface area contributed by atoms with E-state index in [1.165, 1.54) is 6.42 Å². The van der Waals surface area contributed by atoms with Gasteiger partial charge in [0, 0.05) is 13.1 Å². The summed E-state index contributed by atoms with van der Waals surface area (Å²) in [6.45, 7) is 4.23. The highest BCUT2D eigenvalue weighted by molar-refractivity contribution is 6.37. The molecular formula is C12H18Cl2N4. The molecular weight excluding hydrogens is 271 g/mol. The van der Waals surface area contributed by atoms with E-state index in [4.69, 9.17) is 29.0 Å². The van der Waals surface area contributed by atoms with Gasteiger partial charge < -0.3 is 10.3 Å². The summed E-state index contributed by atoms with van der Waals surface area (Å²) in [7, 11) is 0. The Morgan fingerprint density at radius 3 is 2.83 bits per heavy atom.